The van der Waals surface area contributed by atoms with E-state index < -0.39 is 0 Å². The Morgan fingerprint density at radius 1 is 1.33 bits per heavy atom. The van der Waals surface area contributed by atoms with E-state index in [4.69, 9.17) is 10.5 Å². The quantitative estimate of drug-likeness (QED) is 0.647. The molecule has 1 aromatic carbocycles. The molecule has 12 heavy (non-hydrogen) atoms. The van der Waals surface area contributed by atoms with Crippen LogP contribution < -0.4 is 15.8 Å². The molecule has 3 nitrogen and oxygen atoms in total. The van der Waals surface area contributed by atoms with Crippen molar-refractivity contribution in [3.05, 3.63) is 29.8 Å². The Labute approximate surface area is 72.5 Å². The first kappa shape index (κ1) is 9.03. The number of hydrogen-bond donors (Lipinski definition) is 2. The number of ether oxygens (including phenoxy) is 1. The summed E-state index contributed by atoms with van der Waals surface area (Å²) in [5, 5.41) is 3.07. The third kappa shape index (κ3) is 2.53. The molecule has 0 atom stereocenters. The van der Waals surface area contributed by atoms with Gasteiger partial charge >= 0.3 is 0 Å². The minimum atomic E-state index is 0.228. The molecule has 0 fully saturated rings. The molecule has 0 bridgehead atoms. The van der Waals surface area contributed by atoms with E-state index in [0.717, 1.165) is 12.3 Å². The van der Waals surface area contributed by atoms with E-state index >= 15 is 0 Å². The van der Waals surface area contributed by atoms with E-state index in [1.807, 2.05) is 31.3 Å². The van der Waals surface area contributed by atoms with Crippen molar-refractivity contribution in [2.24, 2.45) is 5.73 Å². The fourth-order valence-corrected chi connectivity index (χ4v) is 1.00. The van der Waals surface area contributed by atoms with Gasteiger partial charge in [-0.25, -0.2) is 0 Å². The van der Waals surface area contributed by atoms with Crippen LogP contribution in [0.2, 0.25) is 0 Å². The summed E-state index contributed by atoms with van der Waals surface area (Å²) >= 11 is 0. The summed E-state index contributed by atoms with van der Waals surface area (Å²) in [5.41, 5.74) is 6.46. The molecule has 0 saturated carbocycles. The summed E-state index contributed by atoms with van der Waals surface area (Å²) < 4.78 is 5.10. The molecule has 0 saturated heterocycles. The Kier molecular flexibility index (Phi) is 3.57. The van der Waals surface area contributed by atoms with E-state index in [1.165, 1.54) is 5.56 Å². The number of benzene rings is 1. The highest BCUT2D eigenvalue weighted by molar-refractivity contribution is 5.27. The molecule has 0 radical (unpaired) electrons. The molecule has 1 aromatic rings. The molecule has 3 heteroatoms. The monoisotopic (exact) mass is 166 g/mol. The van der Waals surface area contributed by atoms with Crippen molar-refractivity contribution in [3.8, 4) is 5.75 Å². The lowest BCUT2D eigenvalue weighted by molar-refractivity contribution is 0.329. The van der Waals surface area contributed by atoms with Gasteiger partial charge in [0.15, 0.2) is 0 Å². The van der Waals surface area contributed by atoms with E-state index in [1.54, 1.807) is 0 Å². The predicted octanol–water partition coefficient (Wildman–Crippen LogP) is 0.701. The van der Waals surface area contributed by atoms with Crippen molar-refractivity contribution in [1.82, 2.24) is 5.32 Å². The zero-order valence-electron chi connectivity index (χ0n) is 7.21. The first-order chi connectivity index (χ1) is 5.86. The normalized spacial score (nSPS) is 9.83. The first-order valence-corrected chi connectivity index (χ1v) is 3.93. The highest BCUT2D eigenvalue weighted by atomic mass is 16.5. The van der Waals surface area contributed by atoms with Gasteiger partial charge in [0.2, 0.25) is 0 Å². The third-order valence-electron chi connectivity index (χ3n) is 1.55. The Morgan fingerprint density at radius 2 is 2.00 bits per heavy atom. The lowest BCUT2D eigenvalue weighted by atomic mass is 10.2. The second-order valence-corrected chi connectivity index (χ2v) is 2.49. The van der Waals surface area contributed by atoms with Crippen LogP contribution in [0, 0.1) is 0 Å². The van der Waals surface area contributed by atoms with Gasteiger partial charge < -0.3 is 10.1 Å². The second-order valence-electron chi connectivity index (χ2n) is 2.49. The summed E-state index contributed by atoms with van der Waals surface area (Å²) in [6.07, 6.45) is 0. The second kappa shape index (κ2) is 4.74. The minimum Gasteiger partial charge on any atom is -0.479 e. The molecule has 3 N–H and O–H groups in total. The van der Waals surface area contributed by atoms with Crippen LogP contribution in [0.1, 0.15) is 5.56 Å². The van der Waals surface area contributed by atoms with Gasteiger partial charge in [0.05, 0.1) is 0 Å². The van der Waals surface area contributed by atoms with Gasteiger partial charge in [-0.15, -0.1) is 0 Å². The molecule has 0 aromatic heterocycles. The third-order valence-corrected chi connectivity index (χ3v) is 1.55. The van der Waals surface area contributed by atoms with Crippen LogP contribution in [-0.2, 0) is 6.54 Å². The van der Waals surface area contributed by atoms with Crippen LogP contribution in [0.4, 0.5) is 0 Å². The molecule has 66 valence electrons. The lowest BCUT2D eigenvalue weighted by Gasteiger charge is -2.03. The molecular weight excluding hydrogens is 152 g/mol. The summed E-state index contributed by atoms with van der Waals surface area (Å²) in [7, 11) is 1.92. The van der Waals surface area contributed by atoms with Gasteiger partial charge in [0.25, 0.3) is 0 Å². The maximum absolute atomic E-state index is 5.22. The smallest absolute Gasteiger partial charge is 0.137 e. The van der Waals surface area contributed by atoms with Gasteiger partial charge in [0.1, 0.15) is 12.5 Å². The van der Waals surface area contributed by atoms with E-state index in [0.29, 0.717) is 0 Å². The molecule has 0 spiro atoms. The van der Waals surface area contributed by atoms with Crippen molar-refractivity contribution in [2.75, 3.05) is 13.8 Å². The largest absolute Gasteiger partial charge is 0.479 e. The van der Waals surface area contributed by atoms with Crippen LogP contribution >= 0.6 is 0 Å². The van der Waals surface area contributed by atoms with Crippen LogP contribution in [0.15, 0.2) is 24.3 Å². The number of nitrogens with one attached hydrogen (secondary N) is 1. The molecule has 0 heterocycles. The lowest BCUT2D eigenvalue weighted by Crippen LogP contribution is -2.08. The molecule has 0 aliphatic rings. The van der Waals surface area contributed by atoms with Gasteiger partial charge in [-0.3, -0.25) is 5.73 Å². The highest BCUT2D eigenvalue weighted by Gasteiger charge is 1.92. The van der Waals surface area contributed by atoms with Gasteiger partial charge in [-0.05, 0) is 24.7 Å². The van der Waals surface area contributed by atoms with E-state index in [9.17, 15) is 0 Å². The highest BCUT2D eigenvalue weighted by Crippen LogP contribution is 2.10. The Bertz CT molecular complexity index is 195. The number of hydrogen-bond acceptors (Lipinski definition) is 3. The average Bonchev–Trinajstić information content (AvgIpc) is 2.09. The fourth-order valence-electron chi connectivity index (χ4n) is 1.00. The first-order valence-electron chi connectivity index (χ1n) is 3.93. The fraction of sp³-hybridized carbons (Fsp3) is 0.333. The maximum Gasteiger partial charge on any atom is 0.137 e. The number of nitrogens with two attached hydrogens (primary N) is 1. The standard InChI is InChI=1S/C9H14N2O/c1-11-6-8-2-4-9(5-3-8)12-7-10/h2-5,11H,6-7,10H2,1H3. The van der Waals surface area contributed by atoms with Crippen LogP contribution in [0.25, 0.3) is 0 Å². The topological polar surface area (TPSA) is 47.3 Å². The van der Waals surface area contributed by atoms with E-state index in [2.05, 4.69) is 5.32 Å². The number of rotatable bonds is 4. The SMILES string of the molecule is CNCc1ccc(OCN)cc1. The summed E-state index contributed by atoms with van der Waals surface area (Å²) in [6, 6.07) is 7.86. The zero-order valence-corrected chi connectivity index (χ0v) is 7.21. The summed E-state index contributed by atoms with van der Waals surface area (Å²) in [5.74, 6) is 0.817. The van der Waals surface area contributed by atoms with Gasteiger partial charge in [-0.1, -0.05) is 12.1 Å². The van der Waals surface area contributed by atoms with Crippen LogP contribution in [0.3, 0.4) is 0 Å². The van der Waals surface area contributed by atoms with Crippen molar-refractivity contribution in [1.29, 1.82) is 0 Å². The molecule has 0 unspecified atom stereocenters. The molecule has 0 aliphatic carbocycles. The molecule has 0 amide bonds. The zero-order chi connectivity index (χ0) is 8.81. The van der Waals surface area contributed by atoms with Crippen molar-refractivity contribution >= 4 is 0 Å². The van der Waals surface area contributed by atoms with Crippen molar-refractivity contribution < 1.29 is 4.74 Å². The van der Waals surface area contributed by atoms with Crippen LogP contribution in [0.5, 0.6) is 5.75 Å². The van der Waals surface area contributed by atoms with Gasteiger partial charge in [-0.2, -0.15) is 0 Å². The minimum absolute atomic E-state index is 0.228. The Balaban J connectivity index is 2.58. The summed E-state index contributed by atoms with van der Waals surface area (Å²) in [6.45, 7) is 1.11. The summed E-state index contributed by atoms with van der Waals surface area (Å²) in [4.78, 5) is 0. The van der Waals surface area contributed by atoms with Gasteiger partial charge in [0, 0.05) is 6.54 Å². The maximum atomic E-state index is 5.22. The molecule has 1 rings (SSSR count). The average molecular weight is 166 g/mol. The van der Waals surface area contributed by atoms with E-state index in [-0.39, 0.29) is 6.73 Å². The molecule has 0 aliphatic heterocycles. The Hall–Kier alpha value is -1.06. The van der Waals surface area contributed by atoms with Crippen molar-refractivity contribution in [3.63, 3.8) is 0 Å². The molecular formula is C9H14N2O. The van der Waals surface area contributed by atoms with Crippen molar-refractivity contribution in [2.45, 2.75) is 6.54 Å². The van der Waals surface area contributed by atoms with Crippen LogP contribution in [-0.4, -0.2) is 13.8 Å². The Morgan fingerprint density at radius 3 is 2.50 bits per heavy atom. The predicted molar refractivity (Wildman–Crippen MR) is 48.9 cm³/mol.